The van der Waals surface area contributed by atoms with Crippen LogP contribution in [-0.4, -0.2) is 43.3 Å². The molecular formula is C12H13BrClNO5. The van der Waals surface area contributed by atoms with Crippen molar-refractivity contribution < 1.29 is 24.2 Å². The summed E-state index contributed by atoms with van der Waals surface area (Å²) in [5, 5.41) is 12.2. The van der Waals surface area contributed by atoms with Gasteiger partial charge < -0.3 is 19.9 Å². The smallest absolute Gasteiger partial charge is 0.336 e. The average molecular weight is 367 g/mol. The van der Waals surface area contributed by atoms with Crippen molar-refractivity contribution in [1.29, 1.82) is 0 Å². The van der Waals surface area contributed by atoms with E-state index >= 15 is 0 Å². The number of methoxy groups -OCH3 is 1. The third kappa shape index (κ3) is 5.36. The Hall–Kier alpha value is -1.31. The highest BCUT2D eigenvalue weighted by atomic mass is 79.9. The second-order valence-corrected chi connectivity index (χ2v) is 5.00. The average Bonchev–Trinajstić information content (AvgIpc) is 2.42. The summed E-state index contributed by atoms with van der Waals surface area (Å²) in [6.07, 6.45) is -1.40. The summed E-state index contributed by atoms with van der Waals surface area (Å²) in [5.41, 5.74) is 0. The maximum Gasteiger partial charge on any atom is 0.336 e. The summed E-state index contributed by atoms with van der Waals surface area (Å²) < 4.78 is 10.2. The van der Waals surface area contributed by atoms with Gasteiger partial charge in [0.1, 0.15) is 5.75 Å². The van der Waals surface area contributed by atoms with Crippen molar-refractivity contribution in [2.45, 2.75) is 6.10 Å². The van der Waals surface area contributed by atoms with Crippen LogP contribution in [0, 0.1) is 0 Å². The molecule has 1 atom stereocenters. The molecule has 8 heteroatoms. The van der Waals surface area contributed by atoms with Crippen LogP contribution in [0.5, 0.6) is 5.75 Å². The maximum absolute atomic E-state index is 11.5. The fourth-order valence-electron chi connectivity index (χ4n) is 1.22. The van der Waals surface area contributed by atoms with E-state index in [0.29, 0.717) is 15.2 Å². The first-order valence-electron chi connectivity index (χ1n) is 5.54. The number of hydrogen-bond donors (Lipinski definition) is 2. The lowest BCUT2D eigenvalue weighted by Crippen LogP contribution is -2.39. The molecular weight excluding hydrogens is 353 g/mol. The monoisotopic (exact) mass is 365 g/mol. The summed E-state index contributed by atoms with van der Waals surface area (Å²) in [7, 11) is 1.15. The van der Waals surface area contributed by atoms with Crippen LogP contribution < -0.4 is 10.1 Å². The highest BCUT2D eigenvalue weighted by molar-refractivity contribution is 9.10. The van der Waals surface area contributed by atoms with Crippen molar-refractivity contribution in [3.05, 3.63) is 27.7 Å². The third-order valence-electron chi connectivity index (χ3n) is 2.22. The maximum atomic E-state index is 11.5. The molecule has 0 heterocycles. The van der Waals surface area contributed by atoms with Crippen molar-refractivity contribution in [2.24, 2.45) is 0 Å². The van der Waals surface area contributed by atoms with E-state index < -0.39 is 18.0 Å². The number of halogens is 2. The summed E-state index contributed by atoms with van der Waals surface area (Å²) >= 11 is 9.02. The number of rotatable bonds is 6. The molecule has 0 radical (unpaired) electrons. The molecule has 0 fully saturated rings. The highest BCUT2D eigenvalue weighted by Gasteiger charge is 2.16. The zero-order chi connectivity index (χ0) is 15.1. The molecule has 0 aliphatic carbocycles. The lowest BCUT2D eigenvalue weighted by Gasteiger charge is -2.11. The van der Waals surface area contributed by atoms with E-state index in [0.717, 1.165) is 7.11 Å². The van der Waals surface area contributed by atoms with Crippen molar-refractivity contribution in [3.63, 3.8) is 0 Å². The normalized spacial score (nSPS) is 11.6. The van der Waals surface area contributed by atoms with Crippen molar-refractivity contribution in [3.8, 4) is 5.75 Å². The largest absolute Gasteiger partial charge is 0.483 e. The summed E-state index contributed by atoms with van der Waals surface area (Å²) in [5.74, 6) is -0.834. The van der Waals surface area contributed by atoms with Crippen LogP contribution >= 0.6 is 27.5 Å². The van der Waals surface area contributed by atoms with Crippen LogP contribution in [0.15, 0.2) is 22.7 Å². The van der Waals surface area contributed by atoms with E-state index in [2.05, 4.69) is 26.0 Å². The Balaban J connectivity index is 2.38. The quantitative estimate of drug-likeness (QED) is 0.737. The first kappa shape index (κ1) is 16.7. The predicted molar refractivity (Wildman–Crippen MR) is 75.7 cm³/mol. The molecule has 0 aliphatic rings. The van der Waals surface area contributed by atoms with Crippen LogP contribution in [0.3, 0.4) is 0 Å². The van der Waals surface area contributed by atoms with Crippen LogP contribution in [0.4, 0.5) is 0 Å². The van der Waals surface area contributed by atoms with Gasteiger partial charge in [0.15, 0.2) is 12.7 Å². The van der Waals surface area contributed by atoms with Gasteiger partial charge in [-0.2, -0.15) is 0 Å². The predicted octanol–water partition coefficient (Wildman–Crippen LogP) is 1.13. The lowest BCUT2D eigenvalue weighted by atomic mass is 10.3. The van der Waals surface area contributed by atoms with Crippen LogP contribution in [0.2, 0.25) is 5.02 Å². The van der Waals surface area contributed by atoms with E-state index in [4.69, 9.17) is 16.3 Å². The van der Waals surface area contributed by atoms with Crippen LogP contribution in [0.1, 0.15) is 0 Å². The molecule has 1 aromatic carbocycles. The minimum Gasteiger partial charge on any atom is -0.483 e. The molecule has 6 nitrogen and oxygen atoms in total. The van der Waals surface area contributed by atoms with Crippen LogP contribution in [0.25, 0.3) is 0 Å². The number of carbonyl (C=O) groups excluding carboxylic acids is 2. The fraction of sp³-hybridized carbons (Fsp3) is 0.333. The molecule has 0 spiro atoms. The van der Waals surface area contributed by atoms with Crippen LogP contribution in [-0.2, 0) is 14.3 Å². The molecule has 0 saturated carbocycles. The van der Waals surface area contributed by atoms with E-state index in [-0.39, 0.29) is 13.2 Å². The number of nitrogens with one attached hydrogen (secondary N) is 1. The van der Waals surface area contributed by atoms with E-state index in [1.54, 1.807) is 18.2 Å². The summed E-state index contributed by atoms with van der Waals surface area (Å²) in [6.45, 7) is -0.495. The number of benzene rings is 1. The van der Waals surface area contributed by atoms with Gasteiger partial charge in [-0.05, 0) is 34.1 Å². The first-order chi connectivity index (χ1) is 9.43. The molecule has 0 aromatic heterocycles. The van der Waals surface area contributed by atoms with Gasteiger partial charge in [0.05, 0.1) is 18.1 Å². The topological polar surface area (TPSA) is 84.9 Å². The molecule has 1 unspecified atom stereocenters. The minimum atomic E-state index is -1.40. The molecule has 0 aliphatic heterocycles. The van der Waals surface area contributed by atoms with Crippen molar-refractivity contribution in [2.75, 3.05) is 20.3 Å². The molecule has 2 N–H and O–H groups in total. The molecule has 1 rings (SSSR count). The molecule has 1 aromatic rings. The Kier molecular flexibility index (Phi) is 6.77. The third-order valence-corrected chi connectivity index (χ3v) is 3.07. The second-order valence-electron chi connectivity index (χ2n) is 3.71. The summed E-state index contributed by atoms with van der Waals surface area (Å²) in [6, 6.07) is 4.87. The zero-order valence-electron chi connectivity index (χ0n) is 10.6. The number of amides is 1. The molecule has 20 heavy (non-hydrogen) atoms. The van der Waals surface area contributed by atoms with E-state index in [9.17, 15) is 14.7 Å². The molecule has 110 valence electrons. The van der Waals surface area contributed by atoms with Gasteiger partial charge in [-0.1, -0.05) is 11.6 Å². The summed E-state index contributed by atoms with van der Waals surface area (Å²) in [4.78, 5) is 22.4. The van der Waals surface area contributed by atoms with Gasteiger partial charge in [-0.3, -0.25) is 4.79 Å². The van der Waals surface area contributed by atoms with Gasteiger partial charge in [0.2, 0.25) is 0 Å². The Labute approximate surface area is 129 Å². The van der Waals surface area contributed by atoms with Crippen molar-refractivity contribution >= 4 is 39.4 Å². The number of aliphatic hydroxyl groups is 1. The Morgan fingerprint density at radius 3 is 2.80 bits per heavy atom. The zero-order valence-corrected chi connectivity index (χ0v) is 12.9. The van der Waals surface area contributed by atoms with Gasteiger partial charge in [0.25, 0.3) is 5.91 Å². The van der Waals surface area contributed by atoms with Gasteiger partial charge in [-0.25, -0.2) is 4.79 Å². The van der Waals surface area contributed by atoms with Gasteiger partial charge in [-0.15, -0.1) is 0 Å². The van der Waals surface area contributed by atoms with Gasteiger partial charge >= 0.3 is 5.97 Å². The Bertz CT molecular complexity index is 497. The first-order valence-corrected chi connectivity index (χ1v) is 6.71. The number of hydrogen-bond acceptors (Lipinski definition) is 5. The van der Waals surface area contributed by atoms with Crippen molar-refractivity contribution in [1.82, 2.24) is 5.32 Å². The Morgan fingerprint density at radius 2 is 2.20 bits per heavy atom. The van der Waals surface area contributed by atoms with Gasteiger partial charge in [0, 0.05) is 5.02 Å². The number of aliphatic hydroxyl groups excluding tert-OH is 1. The highest BCUT2D eigenvalue weighted by Crippen LogP contribution is 2.27. The minimum absolute atomic E-state index is 0.239. The Morgan fingerprint density at radius 1 is 1.50 bits per heavy atom. The van der Waals surface area contributed by atoms with E-state index in [1.165, 1.54) is 0 Å². The molecule has 0 saturated heterocycles. The number of carbonyl (C=O) groups is 2. The molecule has 1 amide bonds. The fourth-order valence-corrected chi connectivity index (χ4v) is 2.01. The second kappa shape index (κ2) is 8.08. The van der Waals surface area contributed by atoms with E-state index in [1.807, 2.05) is 0 Å². The number of ether oxygens (including phenoxy) is 2. The SMILES string of the molecule is COC(=O)C(O)CNC(=O)COc1ccc(Cl)cc1Br. The molecule has 0 bridgehead atoms. The number of esters is 1. The lowest BCUT2D eigenvalue weighted by molar-refractivity contribution is -0.150. The standard InChI is InChI=1S/C12H13BrClNO5/c1-19-12(18)9(16)5-15-11(17)6-20-10-3-2-7(14)4-8(10)13/h2-4,9,16H,5-6H2,1H3,(H,15,17).